The molecular weight excluding hydrogens is 294 g/mol. The fraction of sp³-hybridized carbons (Fsp3) is 0.286. The zero-order valence-electron chi connectivity index (χ0n) is 9.53. The third-order valence-electron chi connectivity index (χ3n) is 3.23. The van der Waals surface area contributed by atoms with E-state index in [0.717, 1.165) is 6.54 Å². The number of aryl methyl sites for hydroxylation is 1. The van der Waals surface area contributed by atoms with Gasteiger partial charge in [0, 0.05) is 21.6 Å². The van der Waals surface area contributed by atoms with Crippen molar-refractivity contribution in [2.45, 2.75) is 19.4 Å². The van der Waals surface area contributed by atoms with Crippen molar-refractivity contribution in [3.8, 4) is 0 Å². The number of thiophene rings is 1. The number of halogens is 1. The SMILES string of the molecule is Brc1ccsc1CN1CCCc2ccccc21. The van der Waals surface area contributed by atoms with Crippen molar-refractivity contribution in [1.82, 2.24) is 0 Å². The Morgan fingerprint density at radius 1 is 1.24 bits per heavy atom. The number of hydrogen-bond donors (Lipinski definition) is 0. The number of hydrogen-bond acceptors (Lipinski definition) is 2. The van der Waals surface area contributed by atoms with Gasteiger partial charge in [-0.05, 0) is 51.8 Å². The van der Waals surface area contributed by atoms with E-state index in [1.165, 1.54) is 40.0 Å². The van der Waals surface area contributed by atoms with Crippen LogP contribution in [0.3, 0.4) is 0 Å². The highest BCUT2D eigenvalue weighted by Gasteiger charge is 2.17. The van der Waals surface area contributed by atoms with Crippen molar-refractivity contribution in [3.05, 3.63) is 50.6 Å². The summed E-state index contributed by atoms with van der Waals surface area (Å²) in [7, 11) is 0. The number of anilines is 1. The lowest BCUT2D eigenvalue weighted by Crippen LogP contribution is -2.28. The maximum absolute atomic E-state index is 3.62. The van der Waals surface area contributed by atoms with E-state index in [2.05, 4.69) is 56.5 Å². The summed E-state index contributed by atoms with van der Waals surface area (Å²) in [5.41, 5.74) is 2.91. The molecule has 0 fully saturated rings. The molecule has 1 aliphatic rings. The largest absolute Gasteiger partial charge is 0.366 e. The molecule has 0 N–H and O–H groups in total. The highest BCUT2D eigenvalue weighted by molar-refractivity contribution is 9.10. The monoisotopic (exact) mass is 307 g/mol. The van der Waals surface area contributed by atoms with E-state index < -0.39 is 0 Å². The van der Waals surface area contributed by atoms with E-state index in [9.17, 15) is 0 Å². The molecule has 1 aliphatic heterocycles. The summed E-state index contributed by atoms with van der Waals surface area (Å²) in [6.07, 6.45) is 2.48. The van der Waals surface area contributed by atoms with Crippen LogP contribution in [-0.2, 0) is 13.0 Å². The van der Waals surface area contributed by atoms with Crippen LogP contribution in [0.4, 0.5) is 5.69 Å². The second-order valence-electron chi connectivity index (χ2n) is 4.35. The van der Waals surface area contributed by atoms with Crippen molar-refractivity contribution in [2.24, 2.45) is 0 Å². The molecule has 0 unspecified atom stereocenters. The molecule has 1 nitrogen and oxygen atoms in total. The van der Waals surface area contributed by atoms with Crippen LogP contribution >= 0.6 is 27.3 Å². The number of benzene rings is 1. The highest BCUT2D eigenvalue weighted by atomic mass is 79.9. The Hall–Kier alpha value is -0.800. The first-order valence-corrected chi connectivity index (χ1v) is 7.56. The molecule has 0 spiro atoms. The molecule has 0 saturated heterocycles. The lowest BCUT2D eigenvalue weighted by molar-refractivity contribution is 0.694. The smallest absolute Gasteiger partial charge is 0.0534 e. The van der Waals surface area contributed by atoms with Gasteiger partial charge in [0.05, 0.1) is 6.54 Å². The molecule has 0 saturated carbocycles. The van der Waals surface area contributed by atoms with Gasteiger partial charge >= 0.3 is 0 Å². The van der Waals surface area contributed by atoms with E-state index in [1.807, 2.05) is 11.3 Å². The Bertz CT molecular complexity index is 520. The second kappa shape index (κ2) is 4.83. The van der Waals surface area contributed by atoms with Crippen molar-refractivity contribution >= 4 is 33.0 Å². The van der Waals surface area contributed by atoms with E-state index >= 15 is 0 Å². The molecule has 3 heteroatoms. The Kier molecular flexibility index (Phi) is 3.21. The topological polar surface area (TPSA) is 3.24 Å². The van der Waals surface area contributed by atoms with Crippen molar-refractivity contribution in [1.29, 1.82) is 0 Å². The van der Waals surface area contributed by atoms with Gasteiger partial charge < -0.3 is 4.90 Å². The summed E-state index contributed by atoms with van der Waals surface area (Å²) >= 11 is 5.45. The molecule has 2 heterocycles. The molecule has 2 aromatic rings. The van der Waals surface area contributed by atoms with Crippen molar-refractivity contribution in [2.75, 3.05) is 11.4 Å². The molecule has 17 heavy (non-hydrogen) atoms. The summed E-state index contributed by atoms with van der Waals surface area (Å²) in [6, 6.07) is 10.9. The first-order chi connectivity index (χ1) is 8.34. The number of para-hydroxylation sites is 1. The van der Waals surface area contributed by atoms with E-state index in [-0.39, 0.29) is 0 Å². The molecule has 0 atom stereocenters. The van der Waals surface area contributed by atoms with Crippen LogP contribution in [0.5, 0.6) is 0 Å². The highest BCUT2D eigenvalue weighted by Crippen LogP contribution is 2.31. The minimum atomic E-state index is 1.02. The Balaban J connectivity index is 1.88. The predicted octanol–water partition coefficient (Wildman–Crippen LogP) is 4.46. The summed E-state index contributed by atoms with van der Waals surface area (Å²) < 4.78 is 1.24. The first kappa shape index (κ1) is 11.3. The summed E-state index contributed by atoms with van der Waals surface area (Å²) in [4.78, 5) is 3.91. The first-order valence-electron chi connectivity index (χ1n) is 5.89. The molecule has 0 bridgehead atoms. The zero-order chi connectivity index (χ0) is 11.7. The van der Waals surface area contributed by atoms with Gasteiger partial charge in [-0.3, -0.25) is 0 Å². The summed E-state index contributed by atoms with van der Waals surface area (Å²) in [5, 5.41) is 2.15. The fourth-order valence-electron chi connectivity index (χ4n) is 2.39. The van der Waals surface area contributed by atoms with Gasteiger partial charge in [-0.2, -0.15) is 0 Å². The lowest BCUT2D eigenvalue weighted by Gasteiger charge is -2.31. The summed E-state index contributed by atoms with van der Waals surface area (Å²) in [6.45, 7) is 2.19. The summed E-state index contributed by atoms with van der Waals surface area (Å²) in [5.74, 6) is 0. The second-order valence-corrected chi connectivity index (χ2v) is 6.20. The molecular formula is C14H14BrNS. The molecule has 0 aliphatic carbocycles. The fourth-order valence-corrected chi connectivity index (χ4v) is 3.88. The van der Waals surface area contributed by atoms with Crippen LogP contribution in [0, 0.1) is 0 Å². The van der Waals surface area contributed by atoms with Crippen LogP contribution in [-0.4, -0.2) is 6.54 Å². The minimum absolute atomic E-state index is 1.02. The lowest BCUT2D eigenvalue weighted by atomic mass is 10.0. The van der Waals surface area contributed by atoms with Crippen LogP contribution in [0.2, 0.25) is 0 Å². The molecule has 3 rings (SSSR count). The Labute approximate surface area is 114 Å². The normalized spacial score (nSPS) is 14.8. The van der Waals surface area contributed by atoms with Gasteiger partial charge in [-0.25, -0.2) is 0 Å². The van der Waals surface area contributed by atoms with Crippen LogP contribution < -0.4 is 4.90 Å². The number of fused-ring (bicyclic) bond motifs is 1. The Morgan fingerprint density at radius 3 is 2.94 bits per heavy atom. The third kappa shape index (κ3) is 2.26. The van der Waals surface area contributed by atoms with E-state index in [4.69, 9.17) is 0 Å². The van der Waals surface area contributed by atoms with Crippen molar-refractivity contribution < 1.29 is 0 Å². The number of rotatable bonds is 2. The Morgan fingerprint density at radius 2 is 2.12 bits per heavy atom. The minimum Gasteiger partial charge on any atom is -0.366 e. The molecule has 1 aromatic heterocycles. The van der Waals surface area contributed by atoms with Gasteiger partial charge in [-0.15, -0.1) is 11.3 Å². The third-order valence-corrected chi connectivity index (χ3v) is 5.14. The van der Waals surface area contributed by atoms with Crippen LogP contribution in [0.1, 0.15) is 16.9 Å². The van der Waals surface area contributed by atoms with Gasteiger partial charge in [0.15, 0.2) is 0 Å². The van der Waals surface area contributed by atoms with Gasteiger partial charge in [0.1, 0.15) is 0 Å². The van der Waals surface area contributed by atoms with E-state index in [1.54, 1.807) is 0 Å². The van der Waals surface area contributed by atoms with Crippen LogP contribution in [0.15, 0.2) is 40.2 Å². The van der Waals surface area contributed by atoms with Crippen molar-refractivity contribution in [3.63, 3.8) is 0 Å². The predicted molar refractivity (Wildman–Crippen MR) is 77.8 cm³/mol. The maximum Gasteiger partial charge on any atom is 0.0534 e. The molecule has 0 radical (unpaired) electrons. The average Bonchev–Trinajstić information content (AvgIpc) is 2.76. The molecule has 88 valence electrons. The van der Waals surface area contributed by atoms with E-state index in [0.29, 0.717) is 0 Å². The van der Waals surface area contributed by atoms with Gasteiger partial charge in [0.2, 0.25) is 0 Å². The van der Waals surface area contributed by atoms with Gasteiger partial charge in [-0.1, -0.05) is 18.2 Å². The zero-order valence-corrected chi connectivity index (χ0v) is 11.9. The standard InChI is InChI=1S/C14H14BrNS/c15-12-7-9-17-14(12)10-16-8-3-5-11-4-1-2-6-13(11)16/h1-2,4,6-7,9H,3,5,8,10H2. The van der Waals surface area contributed by atoms with Crippen LogP contribution in [0.25, 0.3) is 0 Å². The number of nitrogens with zero attached hydrogens (tertiary/aromatic N) is 1. The average molecular weight is 308 g/mol. The van der Waals surface area contributed by atoms with Gasteiger partial charge in [0.25, 0.3) is 0 Å². The maximum atomic E-state index is 3.62. The molecule has 0 amide bonds. The quantitative estimate of drug-likeness (QED) is 0.791. The molecule has 1 aromatic carbocycles.